The van der Waals surface area contributed by atoms with Gasteiger partial charge in [-0.05, 0) is 43.0 Å². The molecule has 3 rings (SSSR count). The first-order valence-electron chi connectivity index (χ1n) is 8.59. The van der Waals surface area contributed by atoms with Gasteiger partial charge in [-0.3, -0.25) is 0 Å². The second-order valence-electron chi connectivity index (χ2n) is 6.20. The van der Waals surface area contributed by atoms with Gasteiger partial charge >= 0.3 is 6.03 Å². The zero-order valence-corrected chi connectivity index (χ0v) is 14.1. The fraction of sp³-hybridized carbons (Fsp3) is 0.286. The van der Waals surface area contributed by atoms with Crippen LogP contribution >= 0.6 is 0 Å². The van der Waals surface area contributed by atoms with E-state index < -0.39 is 0 Å². The molecule has 1 aliphatic rings. The Morgan fingerprint density at radius 2 is 1.88 bits per heavy atom. The van der Waals surface area contributed by atoms with Crippen LogP contribution in [-0.2, 0) is 0 Å². The number of rotatable bonds is 3. The molecule has 2 amide bonds. The Hall–Kier alpha value is -2.77. The number of aliphatic hydroxyl groups excluding tert-OH is 1. The maximum atomic E-state index is 12.5. The fourth-order valence-electron chi connectivity index (χ4n) is 2.99. The van der Waals surface area contributed by atoms with Crippen molar-refractivity contribution in [3.63, 3.8) is 0 Å². The van der Waals surface area contributed by atoms with Gasteiger partial charge in [0.05, 0.1) is 5.69 Å². The van der Waals surface area contributed by atoms with Gasteiger partial charge in [0.1, 0.15) is 0 Å². The lowest BCUT2D eigenvalue weighted by Gasteiger charge is -2.18. The summed E-state index contributed by atoms with van der Waals surface area (Å²) >= 11 is 0. The number of urea groups is 1. The van der Waals surface area contributed by atoms with Crippen LogP contribution in [0.15, 0.2) is 54.6 Å². The van der Waals surface area contributed by atoms with Gasteiger partial charge in [-0.1, -0.05) is 42.2 Å². The van der Waals surface area contributed by atoms with Crippen molar-refractivity contribution in [1.29, 1.82) is 0 Å². The summed E-state index contributed by atoms with van der Waals surface area (Å²) in [5.74, 6) is 6.66. The second kappa shape index (κ2) is 8.36. The number of likely N-dealkylation sites (tertiary alicyclic amines) is 1. The predicted molar refractivity (Wildman–Crippen MR) is 99.3 cm³/mol. The maximum absolute atomic E-state index is 12.5. The van der Waals surface area contributed by atoms with Gasteiger partial charge in [-0.2, -0.15) is 0 Å². The Kier molecular flexibility index (Phi) is 5.71. The summed E-state index contributed by atoms with van der Waals surface area (Å²) in [7, 11) is 0. The van der Waals surface area contributed by atoms with E-state index in [1.54, 1.807) is 0 Å². The van der Waals surface area contributed by atoms with Crippen molar-refractivity contribution in [2.75, 3.05) is 25.0 Å². The molecule has 4 heteroatoms. The van der Waals surface area contributed by atoms with Crippen molar-refractivity contribution in [3.05, 3.63) is 65.7 Å². The van der Waals surface area contributed by atoms with Crippen molar-refractivity contribution in [2.45, 2.75) is 12.8 Å². The quantitative estimate of drug-likeness (QED) is 0.846. The fourth-order valence-corrected chi connectivity index (χ4v) is 2.99. The van der Waals surface area contributed by atoms with E-state index in [9.17, 15) is 4.79 Å². The van der Waals surface area contributed by atoms with E-state index in [-0.39, 0.29) is 12.6 Å². The van der Waals surface area contributed by atoms with E-state index in [0.29, 0.717) is 12.5 Å². The Balaban J connectivity index is 1.69. The van der Waals surface area contributed by atoms with E-state index in [2.05, 4.69) is 17.2 Å². The zero-order chi connectivity index (χ0) is 17.5. The molecule has 1 aliphatic heterocycles. The minimum absolute atomic E-state index is 0.102. The van der Waals surface area contributed by atoms with Crippen LogP contribution < -0.4 is 5.32 Å². The molecule has 0 spiro atoms. The molecule has 1 heterocycles. The Bertz CT molecular complexity index is 777. The summed E-state index contributed by atoms with van der Waals surface area (Å²) in [6.45, 7) is 1.61. The Labute approximate surface area is 148 Å². The molecule has 0 saturated carbocycles. The lowest BCUT2D eigenvalue weighted by molar-refractivity contribution is 0.217. The van der Waals surface area contributed by atoms with E-state index in [0.717, 1.165) is 36.2 Å². The highest BCUT2D eigenvalue weighted by Gasteiger charge is 2.25. The molecule has 2 aromatic rings. The molecular weight excluding hydrogens is 312 g/mol. The van der Waals surface area contributed by atoms with Gasteiger partial charge in [-0.15, -0.1) is 0 Å². The molecular formula is C21H22N2O2. The highest BCUT2D eigenvalue weighted by atomic mass is 16.3. The lowest BCUT2D eigenvalue weighted by atomic mass is 10.1. The topological polar surface area (TPSA) is 52.6 Å². The highest BCUT2D eigenvalue weighted by molar-refractivity contribution is 5.91. The van der Waals surface area contributed by atoms with Crippen LogP contribution in [-0.4, -0.2) is 35.7 Å². The number of nitrogens with zero attached hydrogens (tertiary/aromatic N) is 1. The van der Waals surface area contributed by atoms with E-state index in [4.69, 9.17) is 5.11 Å². The molecule has 128 valence electrons. The van der Waals surface area contributed by atoms with E-state index in [1.165, 1.54) is 0 Å². The molecule has 0 aliphatic carbocycles. The molecule has 1 fully saturated rings. The van der Waals surface area contributed by atoms with E-state index in [1.807, 2.05) is 59.5 Å². The standard InChI is InChI=1S/C21H22N2O2/c24-15-13-18-12-14-23(16-18)21(25)22-20-9-5-4-8-19(20)11-10-17-6-2-1-3-7-17/h1-9,18,24H,12-16H2,(H,22,25). The molecule has 2 aromatic carbocycles. The van der Waals surface area contributed by atoms with Crippen LogP contribution in [0.3, 0.4) is 0 Å². The van der Waals surface area contributed by atoms with E-state index >= 15 is 0 Å². The molecule has 0 bridgehead atoms. The van der Waals surface area contributed by atoms with Crippen molar-refractivity contribution in [3.8, 4) is 11.8 Å². The Morgan fingerprint density at radius 1 is 1.12 bits per heavy atom. The molecule has 1 unspecified atom stereocenters. The Morgan fingerprint density at radius 3 is 2.68 bits per heavy atom. The van der Waals surface area contributed by atoms with Crippen LogP contribution in [0, 0.1) is 17.8 Å². The maximum Gasteiger partial charge on any atom is 0.321 e. The number of benzene rings is 2. The number of anilines is 1. The SMILES string of the molecule is O=C(Nc1ccccc1C#Cc1ccccc1)N1CCC(CCO)C1. The minimum atomic E-state index is -0.102. The largest absolute Gasteiger partial charge is 0.396 e. The smallest absolute Gasteiger partial charge is 0.321 e. The number of carbonyl (C=O) groups is 1. The number of hydrogen-bond acceptors (Lipinski definition) is 2. The zero-order valence-electron chi connectivity index (χ0n) is 14.1. The van der Waals surface area contributed by atoms with Crippen molar-refractivity contribution < 1.29 is 9.90 Å². The number of aliphatic hydroxyl groups is 1. The first-order valence-corrected chi connectivity index (χ1v) is 8.59. The lowest BCUT2D eigenvalue weighted by Crippen LogP contribution is -2.33. The average molecular weight is 334 g/mol. The van der Waals surface area contributed by atoms with Crippen LogP contribution in [0.5, 0.6) is 0 Å². The van der Waals surface area contributed by atoms with Gasteiger partial charge in [0.15, 0.2) is 0 Å². The third-order valence-corrected chi connectivity index (χ3v) is 4.39. The molecule has 4 nitrogen and oxygen atoms in total. The first-order chi connectivity index (χ1) is 12.3. The monoisotopic (exact) mass is 334 g/mol. The van der Waals surface area contributed by atoms with Gasteiger partial charge < -0.3 is 15.3 Å². The molecule has 1 saturated heterocycles. The van der Waals surface area contributed by atoms with Crippen LogP contribution in [0.1, 0.15) is 24.0 Å². The third kappa shape index (κ3) is 4.62. The number of hydrogen-bond donors (Lipinski definition) is 2. The summed E-state index contributed by atoms with van der Waals surface area (Å²) in [5, 5.41) is 12.0. The van der Waals surface area contributed by atoms with Gasteiger partial charge in [-0.25, -0.2) is 4.79 Å². The highest BCUT2D eigenvalue weighted by Crippen LogP contribution is 2.21. The summed E-state index contributed by atoms with van der Waals surface area (Å²) in [6.07, 6.45) is 1.70. The second-order valence-corrected chi connectivity index (χ2v) is 6.20. The molecule has 0 radical (unpaired) electrons. The van der Waals surface area contributed by atoms with Crippen molar-refractivity contribution in [2.24, 2.45) is 5.92 Å². The third-order valence-electron chi connectivity index (χ3n) is 4.39. The summed E-state index contributed by atoms with van der Waals surface area (Å²) in [6, 6.07) is 17.3. The predicted octanol–water partition coefficient (Wildman–Crippen LogP) is 3.32. The first kappa shape index (κ1) is 17.1. The number of carbonyl (C=O) groups excluding carboxylic acids is 1. The number of nitrogens with one attached hydrogen (secondary N) is 1. The number of amides is 2. The molecule has 2 N–H and O–H groups in total. The van der Waals surface area contributed by atoms with Crippen LogP contribution in [0.25, 0.3) is 0 Å². The average Bonchev–Trinajstić information content (AvgIpc) is 3.11. The summed E-state index contributed by atoms with van der Waals surface area (Å²) < 4.78 is 0. The minimum Gasteiger partial charge on any atom is -0.396 e. The van der Waals surface area contributed by atoms with Gasteiger partial charge in [0, 0.05) is 30.8 Å². The molecule has 1 atom stereocenters. The van der Waals surface area contributed by atoms with Crippen LogP contribution in [0.4, 0.5) is 10.5 Å². The molecule has 25 heavy (non-hydrogen) atoms. The molecule has 0 aromatic heterocycles. The van der Waals surface area contributed by atoms with Gasteiger partial charge in [0.25, 0.3) is 0 Å². The van der Waals surface area contributed by atoms with Gasteiger partial charge in [0.2, 0.25) is 0 Å². The van der Waals surface area contributed by atoms with Crippen molar-refractivity contribution in [1.82, 2.24) is 4.90 Å². The summed E-state index contributed by atoms with van der Waals surface area (Å²) in [5.41, 5.74) is 2.46. The number of para-hydroxylation sites is 1. The van der Waals surface area contributed by atoms with Crippen LogP contribution in [0.2, 0.25) is 0 Å². The summed E-state index contributed by atoms with van der Waals surface area (Å²) in [4.78, 5) is 14.3. The normalized spacial score (nSPS) is 16.2. The van der Waals surface area contributed by atoms with Crippen molar-refractivity contribution >= 4 is 11.7 Å².